The topological polar surface area (TPSA) is 20.3 Å². The number of hydrogen-bond donors (Lipinski definition) is 0. The van der Waals surface area contributed by atoms with Crippen LogP contribution in [0, 0.1) is 11.8 Å². The molecule has 2 aromatic rings. The van der Waals surface area contributed by atoms with Gasteiger partial charge in [-0.2, -0.15) is 0 Å². The van der Waals surface area contributed by atoms with Crippen molar-refractivity contribution in [2.45, 2.75) is 70.6 Å². The van der Waals surface area contributed by atoms with Crippen LogP contribution >= 0.6 is 0 Å². The second-order valence-electron chi connectivity index (χ2n) is 11.2. The van der Waals surface area contributed by atoms with Crippen LogP contribution in [-0.4, -0.2) is 23.8 Å². The summed E-state index contributed by atoms with van der Waals surface area (Å²) in [6.07, 6.45) is 14.3. The zero-order valence-corrected chi connectivity index (χ0v) is 22.1. The monoisotopic (exact) mass is 479 g/mol. The Labute approximate surface area is 217 Å². The summed E-state index contributed by atoms with van der Waals surface area (Å²) in [5.41, 5.74) is 7.83. The van der Waals surface area contributed by atoms with E-state index in [0.29, 0.717) is 23.5 Å². The maximum Gasteiger partial charge on any atom is 0.140 e. The molecule has 2 aliphatic carbocycles. The maximum absolute atomic E-state index is 13.2. The van der Waals surface area contributed by atoms with E-state index in [9.17, 15) is 4.79 Å². The predicted octanol–water partition coefficient (Wildman–Crippen LogP) is 8.27. The van der Waals surface area contributed by atoms with E-state index in [0.717, 1.165) is 38.8 Å². The second-order valence-corrected chi connectivity index (χ2v) is 11.2. The van der Waals surface area contributed by atoms with Crippen LogP contribution in [0.5, 0.6) is 0 Å². The summed E-state index contributed by atoms with van der Waals surface area (Å²) >= 11 is 0. The Balaban J connectivity index is 1.21. The van der Waals surface area contributed by atoms with Crippen molar-refractivity contribution in [3.05, 3.63) is 101 Å². The van der Waals surface area contributed by atoms with Crippen LogP contribution in [0.4, 0.5) is 0 Å². The van der Waals surface area contributed by atoms with E-state index in [4.69, 9.17) is 0 Å². The van der Waals surface area contributed by atoms with E-state index in [1.807, 2.05) is 0 Å². The van der Waals surface area contributed by atoms with E-state index in [-0.39, 0.29) is 5.92 Å². The van der Waals surface area contributed by atoms with Gasteiger partial charge in [-0.25, -0.2) is 0 Å². The Hall–Kier alpha value is -2.87. The first-order valence-electron chi connectivity index (χ1n) is 14.0. The van der Waals surface area contributed by atoms with Gasteiger partial charge in [-0.05, 0) is 85.1 Å². The van der Waals surface area contributed by atoms with Gasteiger partial charge in [-0.1, -0.05) is 80.3 Å². The zero-order valence-electron chi connectivity index (χ0n) is 22.1. The highest BCUT2D eigenvalue weighted by Crippen LogP contribution is 2.44. The fourth-order valence-electron chi connectivity index (χ4n) is 6.78. The summed E-state index contributed by atoms with van der Waals surface area (Å²) in [6, 6.07) is 17.6. The number of carbonyl (C=O) groups excluding carboxylic acids is 1. The molecule has 0 N–H and O–H groups in total. The highest BCUT2D eigenvalue weighted by molar-refractivity contribution is 5.90. The number of Topliss-reactive ketones (excluding diaryl/α,β-unsaturated/α-hetero) is 1. The van der Waals surface area contributed by atoms with Gasteiger partial charge in [0.25, 0.3) is 0 Å². The number of piperidine rings is 1. The fourth-order valence-corrected chi connectivity index (χ4v) is 6.78. The number of unbranched alkanes of at least 4 members (excludes halogenated alkanes) is 1. The van der Waals surface area contributed by atoms with Crippen LogP contribution in [-0.2, 0) is 4.79 Å². The van der Waals surface area contributed by atoms with Crippen molar-refractivity contribution in [1.29, 1.82) is 0 Å². The van der Waals surface area contributed by atoms with Gasteiger partial charge < -0.3 is 4.90 Å². The molecule has 2 nitrogen and oxygen atoms in total. The molecule has 1 saturated heterocycles. The van der Waals surface area contributed by atoms with Crippen LogP contribution in [0.25, 0.3) is 5.57 Å². The molecule has 3 atom stereocenters. The minimum absolute atomic E-state index is 0.0595. The molecule has 0 bridgehead atoms. The molecule has 1 aliphatic heterocycles. The van der Waals surface area contributed by atoms with Crippen LogP contribution in [0.3, 0.4) is 0 Å². The number of nitrogens with zero attached hydrogens (tertiary/aromatic N) is 1. The van der Waals surface area contributed by atoms with Crippen molar-refractivity contribution in [3.63, 3.8) is 0 Å². The first-order chi connectivity index (χ1) is 17.5. The maximum atomic E-state index is 13.2. The normalized spacial score (nSPS) is 24.4. The smallest absolute Gasteiger partial charge is 0.140 e. The van der Waals surface area contributed by atoms with Crippen LogP contribution in [0.1, 0.15) is 92.9 Å². The number of hydrogen-bond acceptors (Lipinski definition) is 2. The van der Waals surface area contributed by atoms with Gasteiger partial charge in [0, 0.05) is 37.0 Å². The fraction of sp³-hybridized carbons (Fsp3) is 0.441. The Bertz CT molecular complexity index is 1160. The van der Waals surface area contributed by atoms with E-state index in [1.165, 1.54) is 52.8 Å². The molecule has 188 valence electrons. The van der Waals surface area contributed by atoms with E-state index >= 15 is 0 Å². The van der Waals surface area contributed by atoms with Gasteiger partial charge in [0.1, 0.15) is 5.78 Å². The first kappa shape index (κ1) is 24.8. The van der Waals surface area contributed by atoms with E-state index in [1.54, 1.807) is 0 Å². The van der Waals surface area contributed by atoms with Crippen LogP contribution < -0.4 is 0 Å². The van der Waals surface area contributed by atoms with Crippen molar-refractivity contribution in [2.24, 2.45) is 11.8 Å². The third-order valence-electron chi connectivity index (χ3n) is 8.87. The van der Waals surface area contributed by atoms with Gasteiger partial charge in [0.05, 0.1) is 0 Å². The zero-order chi connectivity index (χ0) is 25.1. The lowest BCUT2D eigenvalue weighted by molar-refractivity contribution is -0.118. The van der Waals surface area contributed by atoms with Crippen LogP contribution in [0.2, 0.25) is 0 Å². The molecule has 5 rings (SSSR count). The van der Waals surface area contributed by atoms with Crippen molar-refractivity contribution in [1.82, 2.24) is 4.90 Å². The van der Waals surface area contributed by atoms with E-state index in [2.05, 4.69) is 92.1 Å². The molecule has 0 aromatic heterocycles. The molecule has 0 amide bonds. The average molecular weight is 480 g/mol. The minimum Gasteiger partial charge on any atom is -0.375 e. The summed E-state index contributed by atoms with van der Waals surface area (Å²) in [7, 11) is 0. The third kappa shape index (κ3) is 5.14. The summed E-state index contributed by atoms with van der Waals surface area (Å²) in [5.74, 6) is 2.14. The molecular formula is C34H41NO. The number of fused-ring (bicyclic) bond motifs is 1. The van der Waals surface area contributed by atoms with Crippen molar-refractivity contribution < 1.29 is 4.79 Å². The van der Waals surface area contributed by atoms with Crippen LogP contribution in [0.15, 0.2) is 79.0 Å². The van der Waals surface area contributed by atoms with Gasteiger partial charge >= 0.3 is 0 Å². The molecule has 2 fully saturated rings. The quantitative estimate of drug-likeness (QED) is 0.280. The summed E-state index contributed by atoms with van der Waals surface area (Å²) in [6.45, 7) is 10.9. The lowest BCUT2D eigenvalue weighted by Crippen LogP contribution is -2.35. The number of ketones is 1. The highest BCUT2D eigenvalue weighted by Gasteiger charge is 2.39. The van der Waals surface area contributed by atoms with Gasteiger partial charge in [0.15, 0.2) is 0 Å². The molecular weight excluding hydrogens is 438 g/mol. The molecule has 2 heteroatoms. The molecule has 0 spiro atoms. The number of likely N-dealkylation sites (tertiary alicyclic amines) is 1. The van der Waals surface area contributed by atoms with Gasteiger partial charge in [-0.15, -0.1) is 0 Å². The molecule has 1 heterocycles. The van der Waals surface area contributed by atoms with Gasteiger partial charge in [0.2, 0.25) is 0 Å². The second kappa shape index (κ2) is 11.0. The number of rotatable bonds is 8. The largest absolute Gasteiger partial charge is 0.375 e. The Kier molecular flexibility index (Phi) is 7.60. The number of carbonyl (C=O) groups is 1. The molecule has 1 saturated carbocycles. The SMILES string of the molecule is C=C(CCCC=CC)N1CCC(C2CC(=O)C(c3cccc(C4=CC(C)c5ccccc54)c3)C2)CC1. The minimum atomic E-state index is 0.0595. The first-order valence-corrected chi connectivity index (χ1v) is 14.0. The third-order valence-corrected chi connectivity index (χ3v) is 8.87. The summed E-state index contributed by atoms with van der Waals surface area (Å²) in [5, 5.41) is 0. The molecule has 2 aromatic carbocycles. The Morgan fingerprint density at radius 1 is 1.08 bits per heavy atom. The summed E-state index contributed by atoms with van der Waals surface area (Å²) in [4.78, 5) is 15.7. The average Bonchev–Trinajstić information content (AvgIpc) is 3.47. The van der Waals surface area contributed by atoms with Crippen molar-refractivity contribution >= 4 is 11.4 Å². The Morgan fingerprint density at radius 2 is 1.89 bits per heavy atom. The van der Waals surface area contributed by atoms with E-state index < -0.39 is 0 Å². The Morgan fingerprint density at radius 3 is 2.69 bits per heavy atom. The number of allylic oxidation sites excluding steroid dienone is 4. The molecule has 36 heavy (non-hydrogen) atoms. The molecule has 0 radical (unpaired) electrons. The molecule has 3 aliphatic rings. The highest BCUT2D eigenvalue weighted by atomic mass is 16.1. The standard InChI is InChI=1S/C34H41NO/c1-4-5-6-7-11-25(3)35-18-16-26(17-19-35)29-22-33(34(36)23-29)28-13-10-12-27(21-28)32-20-24(2)30-14-8-9-15-31(30)32/h4-5,8-10,12-15,20-21,24,26,29,33H,3,6-7,11,16-19,22-23H2,1-2H3. The lowest BCUT2D eigenvalue weighted by atomic mass is 9.82. The molecule has 3 unspecified atom stereocenters. The van der Waals surface area contributed by atoms with Gasteiger partial charge in [-0.3, -0.25) is 4.79 Å². The number of benzene rings is 2. The van der Waals surface area contributed by atoms with Crippen molar-refractivity contribution in [2.75, 3.05) is 13.1 Å². The predicted molar refractivity (Wildman–Crippen MR) is 151 cm³/mol. The lowest BCUT2D eigenvalue weighted by Gasteiger charge is -2.37. The summed E-state index contributed by atoms with van der Waals surface area (Å²) < 4.78 is 0. The van der Waals surface area contributed by atoms with Crippen molar-refractivity contribution in [3.8, 4) is 0 Å².